The summed E-state index contributed by atoms with van der Waals surface area (Å²) in [6.07, 6.45) is 2.75. The molecule has 2 heterocycles. The Morgan fingerprint density at radius 3 is 3.00 bits per heavy atom. The number of nitrogens with zero attached hydrogens (tertiary/aromatic N) is 1. The first-order valence-corrected chi connectivity index (χ1v) is 5.99. The highest BCUT2D eigenvalue weighted by Crippen LogP contribution is 2.22. The molecule has 2 aromatic rings. The normalized spacial score (nSPS) is 10.5. The van der Waals surface area contributed by atoms with Crippen molar-refractivity contribution in [2.45, 2.75) is 6.92 Å². The van der Waals surface area contributed by atoms with Crippen LogP contribution in [0.25, 0.3) is 10.2 Å². The lowest BCUT2D eigenvalue weighted by molar-refractivity contribution is 0.0689. The smallest absolute Gasteiger partial charge is 0.341 e. The summed E-state index contributed by atoms with van der Waals surface area (Å²) in [6.45, 7) is 5.60. The summed E-state index contributed by atoms with van der Waals surface area (Å²) in [4.78, 5) is 29.8. The van der Waals surface area contributed by atoms with Crippen molar-refractivity contribution in [2.75, 3.05) is 6.61 Å². The summed E-state index contributed by atoms with van der Waals surface area (Å²) in [5.41, 5.74) is -0.787. The lowest BCUT2D eigenvalue weighted by Gasteiger charge is -2.09. The fraction of sp³-hybridized carbons (Fsp3) is 0.167. The van der Waals surface area contributed by atoms with E-state index >= 15 is 0 Å². The van der Waals surface area contributed by atoms with Crippen LogP contribution >= 0.6 is 11.3 Å². The molecule has 0 saturated carbocycles. The minimum Gasteiger partial charge on any atom is -0.477 e. The molecule has 0 saturated heterocycles. The number of pyridine rings is 1. The molecule has 0 bridgehead atoms. The van der Waals surface area contributed by atoms with Gasteiger partial charge in [-0.3, -0.25) is 4.79 Å². The van der Waals surface area contributed by atoms with Crippen LogP contribution in [0.1, 0.15) is 15.2 Å². The minimum atomic E-state index is -1.26. The number of carboxylic acids is 1. The molecule has 18 heavy (non-hydrogen) atoms. The van der Waals surface area contributed by atoms with Crippen molar-refractivity contribution in [1.29, 1.82) is 0 Å². The lowest BCUT2D eigenvalue weighted by atomic mass is 10.2. The van der Waals surface area contributed by atoms with Gasteiger partial charge in [0.1, 0.15) is 17.0 Å². The second-order valence-electron chi connectivity index (χ2n) is 3.66. The first kappa shape index (κ1) is 12.4. The number of aromatic nitrogens is 1. The summed E-state index contributed by atoms with van der Waals surface area (Å²) < 4.78 is 1.32. The first-order chi connectivity index (χ1) is 8.54. The third-order valence-corrected chi connectivity index (χ3v) is 3.37. The lowest BCUT2D eigenvalue weighted by Crippen LogP contribution is -2.21. The maximum absolute atomic E-state index is 11.9. The Labute approximate surface area is 107 Å². The van der Waals surface area contributed by atoms with Gasteiger partial charge in [-0.1, -0.05) is 12.7 Å². The zero-order valence-electron chi connectivity index (χ0n) is 9.67. The monoisotopic (exact) mass is 265 g/mol. The van der Waals surface area contributed by atoms with Gasteiger partial charge >= 0.3 is 5.97 Å². The Balaban J connectivity index is 2.75. The third kappa shape index (κ3) is 2.02. The predicted octanol–water partition coefficient (Wildman–Crippen LogP) is 1.68. The number of rotatable bonds is 4. The van der Waals surface area contributed by atoms with Crippen LogP contribution < -0.4 is 10.3 Å². The second-order valence-corrected chi connectivity index (χ2v) is 4.90. The van der Waals surface area contributed by atoms with Crippen molar-refractivity contribution in [1.82, 2.24) is 4.73 Å². The summed E-state index contributed by atoms with van der Waals surface area (Å²) in [6, 6.07) is 1.67. The number of carbonyl (C=O) groups is 1. The van der Waals surface area contributed by atoms with Crippen molar-refractivity contribution < 1.29 is 14.7 Å². The summed E-state index contributed by atoms with van der Waals surface area (Å²) in [5.74, 6) is -1.26. The number of aromatic carboxylic acids is 1. The standard InChI is InChI=1S/C12H11NO4S/c1-3-4-17-13-6-9(12(15)16)10(14)8-5-7(2)18-11(8)13/h3,5-6H,1,4H2,2H3,(H,15,16). The highest BCUT2D eigenvalue weighted by Gasteiger charge is 2.16. The van der Waals surface area contributed by atoms with Crippen LogP contribution in [0.5, 0.6) is 0 Å². The number of hydrogen-bond acceptors (Lipinski definition) is 4. The van der Waals surface area contributed by atoms with Crippen LogP contribution in [0.2, 0.25) is 0 Å². The topological polar surface area (TPSA) is 68.5 Å². The quantitative estimate of drug-likeness (QED) is 0.854. The molecular formula is C12H11NO4S. The maximum atomic E-state index is 11.9. The van der Waals surface area contributed by atoms with Gasteiger partial charge in [0.15, 0.2) is 0 Å². The van der Waals surface area contributed by atoms with E-state index in [1.165, 1.54) is 22.3 Å². The van der Waals surface area contributed by atoms with Gasteiger partial charge in [0.2, 0.25) is 5.43 Å². The molecular weight excluding hydrogens is 254 g/mol. The molecule has 2 rings (SSSR count). The van der Waals surface area contributed by atoms with E-state index in [4.69, 9.17) is 9.94 Å². The van der Waals surface area contributed by atoms with E-state index in [0.717, 1.165) is 4.88 Å². The highest BCUT2D eigenvalue weighted by molar-refractivity contribution is 7.18. The first-order valence-electron chi connectivity index (χ1n) is 5.18. The van der Waals surface area contributed by atoms with Crippen molar-refractivity contribution in [2.24, 2.45) is 0 Å². The number of aryl methyl sites for hydroxylation is 1. The molecule has 0 aliphatic heterocycles. The largest absolute Gasteiger partial charge is 0.477 e. The molecule has 0 fully saturated rings. The Kier molecular flexibility index (Phi) is 3.20. The number of thiophene rings is 1. The fourth-order valence-electron chi connectivity index (χ4n) is 1.59. The Hall–Kier alpha value is -2.08. The molecule has 94 valence electrons. The van der Waals surface area contributed by atoms with E-state index in [-0.39, 0.29) is 12.2 Å². The van der Waals surface area contributed by atoms with Gasteiger partial charge in [0.25, 0.3) is 0 Å². The van der Waals surface area contributed by atoms with E-state index in [0.29, 0.717) is 10.2 Å². The van der Waals surface area contributed by atoms with Gasteiger partial charge in [-0.05, 0) is 13.0 Å². The van der Waals surface area contributed by atoms with E-state index in [9.17, 15) is 9.59 Å². The Morgan fingerprint density at radius 1 is 1.67 bits per heavy atom. The average Bonchev–Trinajstić information content (AvgIpc) is 2.70. The van der Waals surface area contributed by atoms with Crippen molar-refractivity contribution in [3.05, 3.63) is 45.6 Å². The molecule has 2 aromatic heterocycles. The van der Waals surface area contributed by atoms with Gasteiger partial charge in [0, 0.05) is 4.88 Å². The summed E-state index contributed by atoms with van der Waals surface area (Å²) in [7, 11) is 0. The van der Waals surface area contributed by atoms with Gasteiger partial charge in [0.05, 0.1) is 11.6 Å². The molecule has 1 N–H and O–H groups in total. The Bertz CT molecular complexity index is 683. The molecule has 0 spiro atoms. The maximum Gasteiger partial charge on any atom is 0.341 e. The van der Waals surface area contributed by atoms with Crippen molar-refractivity contribution in [3.8, 4) is 0 Å². The number of carboxylic acid groups (broad SMARTS) is 1. The number of hydrogen-bond donors (Lipinski definition) is 1. The van der Waals surface area contributed by atoms with Gasteiger partial charge in [-0.25, -0.2) is 4.79 Å². The van der Waals surface area contributed by atoms with Crippen LogP contribution in [0, 0.1) is 6.92 Å². The molecule has 0 aromatic carbocycles. The summed E-state index contributed by atoms with van der Waals surface area (Å²) in [5, 5.41) is 9.36. The zero-order chi connectivity index (χ0) is 13.3. The SMILES string of the molecule is C=CCOn1cc(C(=O)O)c(=O)c2cc(C)sc21. The second kappa shape index (κ2) is 4.66. The van der Waals surface area contributed by atoms with E-state index in [1.807, 2.05) is 6.92 Å². The molecule has 6 heteroatoms. The van der Waals surface area contributed by atoms with Crippen LogP contribution in [0.3, 0.4) is 0 Å². The predicted molar refractivity (Wildman–Crippen MR) is 69.4 cm³/mol. The van der Waals surface area contributed by atoms with Crippen LogP contribution in [-0.4, -0.2) is 22.4 Å². The van der Waals surface area contributed by atoms with Crippen molar-refractivity contribution >= 4 is 27.5 Å². The van der Waals surface area contributed by atoms with E-state index in [1.54, 1.807) is 12.1 Å². The summed E-state index contributed by atoms with van der Waals surface area (Å²) >= 11 is 1.37. The Morgan fingerprint density at radius 2 is 2.39 bits per heavy atom. The third-order valence-electron chi connectivity index (χ3n) is 2.33. The van der Waals surface area contributed by atoms with E-state index < -0.39 is 11.4 Å². The molecule has 0 amide bonds. The zero-order valence-corrected chi connectivity index (χ0v) is 10.5. The van der Waals surface area contributed by atoms with Crippen LogP contribution in [0.4, 0.5) is 0 Å². The molecule has 0 atom stereocenters. The van der Waals surface area contributed by atoms with Gasteiger partial charge in [-0.2, -0.15) is 4.73 Å². The number of fused-ring (bicyclic) bond motifs is 1. The van der Waals surface area contributed by atoms with Crippen molar-refractivity contribution in [3.63, 3.8) is 0 Å². The van der Waals surface area contributed by atoms with Crippen LogP contribution in [0.15, 0.2) is 29.7 Å². The van der Waals surface area contributed by atoms with Gasteiger partial charge < -0.3 is 9.94 Å². The molecule has 0 radical (unpaired) electrons. The van der Waals surface area contributed by atoms with E-state index in [2.05, 4.69) is 6.58 Å². The molecule has 0 aliphatic carbocycles. The molecule has 5 nitrogen and oxygen atoms in total. The molecule has 0 aliphatic rings. The highest BCUT2D eigenvalue weighted by atomic mass is 32.1. The molecule has 0 unspecified atom stereocenters. The average molecular weight is 265 g/mol. The fourth-order valence-corrected chi connectivity index (χ4v) is 2.53. The van der Waals surface area contributed by atoms with Gasteiger partial charge in [-0.15, -0.1) is 11.3 Å². The minimum absolute atomic E-state index is 0.230. The van der Waals surface area contributed by atoms with Crippen LogP contribution in [-0.2, 0) is 0 Å².